The molecular weight excluding hydrogens is 367 g/mol. The predicted molar refractivity (Wildman–Crippen MR) is 84.7 cm³/mol. The number of phenols is 1. The minimum absolute atomic E-state index is 0.154. The lowest BCUT2D eigenvalue weighted by atomic mass is 9.96. The summed E-state index contributed by atoms with van der Waals surface area (Å²) >= 11 is 1.65. The van der Waals surface area contributed by atoms with Gasteiger partial charge in [-0.15, -0.1) is 0 Å². The third kappa shape index (κ3) is 2.40. The minimum Gasteiger partial charge on any atom is -0.508 e. The van der Waals surface area contributed by atoms with Gasteiger partial charge in [0.15, 0.2) is 23.0 Å². The average molecular weight is 380 g/mol. The van der Waals surface area contributed by atoms with E-state index in [1.54, 1.807) is 35.1 Å². The molecular formula is C16H13IO3. The summed E-state index contributed by atoms with van der Waals surface area (Å²) < 4.78 is 4.85. The van der Waals surface area contributed by atoms with Gasteiger partial charge in [-0.3, -0.25) is 4.79 Å². The number of halogens is 1. The Kier molecular flexibility index (Phi) is 3.65. The van der Waals surface area contributed by atoms with Gasteiger partial charge in [-0.25, -0.2) is 0 Å². The fraction of sp³-hybridized carbons (Fsp3) is 0.188. The summed E-state index contributed by atoms with van der Waals surface area (Å²) in [4.78, 5) is 11.8. The van der Waals surface area contributed by atoms with Gasteiger partial charge in [0.05, 0.1) is 5.92 Å². The summed E-state index contributed by atoms with van der Waals surface area (Å²) in [6, 6.07) is 13.3. The van der Waals surface area contributed by atoms with E-state index in [4.69, 9.17) is 3.07 Å². The zero-order valence-electron chi connectivity index (χ0n) is 10.7. The van der Waals surface area contributed by atoms with Crippen molar-refractivity contribution in [2.75, 3.05) is 0 Å². The highest BCUT2D eigenvalue weighted by atomic mass is 127. The third-order valence-corrected chi connectivity index (χ3v) is 4.22. The summed E-state index contributed by atoms with van der Waals surface area (Å²) in [5, 5.41) is 9.34. The minimum atomic E-state index is -0.174. The molecule has 2 aromatic rings. The number of aromatic hydroxyl groups is 1. The summed E-state index contributed by atoms with van der Waals surface area (Å²) in [5.41, 5.74) is 4.37. The van der Waals surface area contributed by atoms with Gasteiger partial charge < -0.3 is 8.17 Å². The van der Waals surface area contributed by atoms with Crippen molar-refractivity contribution in [1.29, 1.82) is 0 Å². The number of phenolic OH excluding ortho intramolecular Hbond substituents is 1. The molecule has 2 aromatic carbocycles. The molecule has 20 heavy (non-hydrogen) atoms. The largest absolute Gasteiger partial charge is 0.508 e. The van der Waals surface area contributed by atoms with Crippen molar-refractivity contribution in [2.45, 2.75) is 18.8 Å². The van der Waals surface area contributed by atoms with Crippen LogP contribution in [-0.4, -0.2) is 11.1 Å². The normalized spacial score (nSPS) is 16.8. The highest BCUT2D eigenvalue weighted by Gasteiger charge is 2.29. The van der Waals surface area contributed by atoms with Crippen LogP contribution < -0.4 is 0 Å². The molecule has 0 fully saturated rings. The van der Waals surface area contributed by atoms with Crippen LogP contribution in [0.3, 0.4) is 0 Å². The van der Waals surface area contributed by atoms with Crippen LogP contribution in [0.5, 0.6) is 5.75 Å². The molecule has 0 aromatic heterocycles. The van der Waals surface area contributed by atoms with E-state index < -0.39 is 0 Å². The SMILES string of the molecule is O=C(OI)C1CCc2ccc(-c3ccc(O)cc3)cc21. The first-order valence-corrected chi connectivity index (χ1v) is 7.32. The van der Waals surface area contributed by atoms with Gasteiger partial charge in [-0.05, 0) is 47.2 Å². The van der Waals surface area contributed by atoms with Crippen molar-refractivity contribution in [1.82, 2.24) is 0 Å². The molecule has 0 heterocycles. The summed E-state index contributed by atoms with van der Waals surface area (Å²) in [7, 11) is 0. The Balaban J connectivity index is 2.00. The van der Waals surface area contributed by atoms with Gasteiger partial charge in [-0.2, -0.15) is 0 Å². The van der Waals surface area contributed by atoms with Crippen LogP contribution in [0, 0.1) is 0 Å². The lowest BCUT2D eigenvalue weighted by Gasteiger charge is -2.10. The number of hydrogen-bond donors (Lipinski definition) is 1. The van der Waals surface area contributed by atoms with Crippen molar-refractivity contribution in [3.8, 4) is 16.9 Å². The first-order chi connectivity index (χ1) is 9.69. The molecule has 0 spiro atoms. The molecule has 1 aliphatic carbocycles. The van der Waals surface area contributed by atoms with E-state index in [9.17, 15) is 9.90 Å². The number of carbonyl (C=O) groups is 1. The lowest BCUT2D eigenvalue weighted by Crippen LogP contribution is -2.08. The Hall–Kier alpha value is -1.56. The van der Waals surface area contributed by atoms with Crippen LogP contribution in [0.25, 0.3) is 11.1 Å². The highest BCUT2D eigenvalue weighted by molar-refractivity contribution is 14.1. The second-order valence-electron chi connectivity index (χ2n) is 4.95. The van der Waals surface area contributed by atoms with Crippen molar-refractivity contribution in [3.05, 3.63) is 53.6 Å². The van der Waals surface area contributed by atoms with E-state index in [1.807, 2.05) is 12.1 Å². The third-order valence-electron chi connectivity index (χ3n) is 3.78. The van der Waals surface area contributed by atoms with Crippen LogP contribution in [0.1, 0.15) is 23.5 Å². The molecule has 1 aliphatic rings. The zero-order chi connectivity index (χ0) is 14.1. The van der Waals surface area contributed by atoms with Crippen molar-refractivity contribution >= 4 is 29.0 Å². The van der Waals surface area contributed by atoms with E-state index in [0.717, 1.165) is 29.5 Å². The molecule has 0 saturated carbocycles. The number of benzene rings is 2. The molecule has 1 N–H and O–H groups in total. The van der Waals surface area contributed by atoms with E-state index in [2.05, 4.69) is 18.2 Å². The smallest absolute Gasteiger partial charge is 0.322 e. The Labute approximate surface area is 131 Å². The van der Waals surface area contributed by atoms with E-state index in [-0.39, 0.29) is 17.6 Å². The Morgan fingerprint density at radius 2 is 1.85 bits per heavy atom. The van der Waals surface area contributed by atoms with Gasteiger partial charge >= 0.3 is 5.97 Å². The average Bonchev–Trinajstić information content (AvgIpc) is 2.90. The van der Waals surface area contributed by atoms with E-state index >= 15 is 0 Å². The molecule has 3 rings (SSSR count). The van der Waals surface area contributed by atoms with Gasteiger partial charge in [0.1, 0.15) is 5.75 Å². The number of aryl methyl sites for hydroxylation is 1. The van der Waals surface area contributed by atoms with Crippen LogP contribution in [0.15, 0.2) is 42.5 Å². The Bertz CT molecular complexity index is 649. The fourth-order valence-electron chi connectivity index (χ4n) is 2.73. The fourth-order valence-corrected chi connectivity index (χ4v) is 3.04. The monoisotopic (exact) mass is 380 g/mol. The molecule has 0 aliphatic heterocycles. The van der Waals surface area contributed by atoms with Crippen molar-refractivity contribution in [3.63, 3.8) is 0 Å². The Morgan fingerprint density at radius 3 is 2.55 bits per heavy atom. The van der Waals surface area contributed by atoms with Crippen molar-refractivity contribution in [2.24, 2.45) is 0 Å². The number of carbonyl (C=O) groups excluding carboxylic acids is 1. The molecule has 1 unspecified atom stereocenters. The molecule has 0 bridgehead atoms. The summed E-state index contributed by atoms with van der Waals surface area (Å²) in [6.07, 6.45) is 1.73. The standard InChI is InChI=1S/C16H13IO3/c17-20-16(19)14-8-5-11-1-2-12(9-15(11)14)10-3-6-13(18)7-4-10/h1-4,6-7,9,14,18H,5,8H2. The van der Waals surface area contributed by atoms with Gasteiger partial charge in [0.2, 0.25) is 0 Å². The number of hydrogen-bond acceptors (Lipinski definition) is 3. The maximum atomic E-state index is 11.8. The first kappa shape index (κ1) is 13.4. The van der Waals surface area contributed by atoms with E-state index in [1.165, 1.54) is 5.56 Å². The highest BCUT2D eigenvalue weighted by Crippen LogP contribution is 2.37. The molecule has 1 atom stereocenters. The molecule has 4 heteroatoms. The zero-order valence-corrected chi connectivity index (χ0v) is 12.8. The summed E-state index contributed by atoms with van der Waals surface area (Å²) in [5.74, 6) is -0.0764. The molecule has 3 nitrogen and oxygen atoms in total. The number of fused-ring (bicyclic) bond motifs is 1. The maximum Gasteiger partial charge on any atom is 0.322 e. The molecule has 0 radical (unpaired) electrons. The lowest BCUT2D eigenvalue weighted by molar-refractivity contribution is -0.132. The molecule has 0 amide bonds. The predicted octanol–water partition coefficient (Wildman–Crippen LogP) is 3.98. The van der Waals surface area contributed by atoms with Gasteiger partial charge in [0.25, 0.3) is 0 Å². The molecule has 102 valence electrons. The van der Waals surface area contributed by atoms with E-state index in [0.29, 0.717) is 0 Å². The second kappa shape index (κ2) is 5.44. The second-order valence-corrected chi connectivity index (χ2v) is 5.39. The summed E-state index contributed by atoms with van der Waals surface area (Å²) in [6.45, 7) is 0. The van der Waals surface area contributed by atoms with Crippen LogP contribution in [-0.2, 0) is 14.3 Å². The van der Waals surface area contributed by atoms with Crippen LogP contribution in [0.4, 0.5) is 0 Å². The van der Waals surface area contributed by atoms with Crippen molar-refractivity contribution < 1.29 is 13.0 Å². The van der Waals surface area contributed by atoms with Crippen LogP contribution >= 0.6 is 23.0 Å². The van der Waals surface area contributed by atoms with Gasteiger partial charge in [-0.1, -0.05) is 30.3 Å². The molecule has 0 saturated heterocycles. The first-order valence-electron chi connectivity index (χ1n) is 6.43. The van der Waals surface area contributed by atoms with Gasteiger partial charge in [0, 0.05) is 0 Å². The maximum absolute atomic E-state index is 11.8. The Morgan fingerprint density at radius 1 is 1.15 bits per heavy atom. The number of rotatable bonds is 2. The van der Waals surface area contributed by atoms with Crippen LogP contribution in [0.2, 0.25) is 0 Å². The quantitative estimate of drug-likeness (QED) is 0.802. The topological polar surface area (TPSA) is 46.5 Å².